The first-order chi connectivity index (χ1) is 6.47. The van der Waals surface area contributed by atoms with Gasteiger partial charge in [-0.05, 0) is 0 Å². The first kappa shape index (κ1) is 12.8. The monoisotopic (exact) mass is 207 g/mol. The van der Waals surface area contributed by atoms with E-state index in [1.54, 1.807) is 0 Å². The molecule has 1 unspecified atom stereocenters. The van der Waals surface area contributed by atoms with Gasteiger partial charge in [0.2, 0.25) is 0 Å². The zero-order valence-electron chi connectivity index (χ0n) is 7.42. The molecule has 0 aromatic heterocycles. The Kier molecular flexibility index (Phi) is 5.77. The molecule has 0 rings (SSSR count). The van der Waals surface area contributed by atoms with Crippen LogP contribution >= 0.6 is 0 Å². The molecular formula is C7H13NO6. The predicted octanol–water partition coefficient (Wildman–Crippen LogP) is -2.32. The topological polar surface area (TPSA) is 130 Å². The average molecular weight is 207 g/mol. The summed E-state index contributed by atoms with van der Waals surface area (Å²) in [6.07, 6.45) is -1.62. The summed E-state index contributed by atoms with van der Waals surface area (Å²) in [6.45, 7) is -0.903. The first-order valence-electron chi connectivity index (χ1n) is 3.90. The van der Waals surface area contributed by atoms with E-state index in [1.807, 2.05) is 0 Å². The van der Waals surface area contributed by atoms with Crippen LogP contribution in [0.2, 0.25) is 0 Å². The van der Waals surface area contributed by atoms with E-state index in [0.717, 1.165) is 0 Å². The highest BCUT2D eigenvalue weighted by molar-refractivity contribution is 5.81. The maximum absolute atomic E-state index is 10.8. The number of carbonyl (C=O) groups excluding carboxylic acids is 1. The van der Waals surface area contributed by atoms with Gasteiger partial charge >= 0.3 is 11.9 Å². The van der Waals surface area contributed by atoms with Crippen LogP contribution in [-0.4, -0.2) is 52.6 Å². The van der Waals surface area contributed by atoms with Gasteiger partial charge < -0.3 is 25.8 Å². The van der Waals surface area contributed by atoms with Crippen LogP contribution in [0.5, 0.6) is 0 Å². The van der Waals surface area contributed by atoms with Crippen LogP contribution in [0.4, 0.5) is 0 Å². The standard InChI is InChI=1S/C7H13NO6/c8-5(7(12)13)1-6(11)14-3-4(10)2-9/h4-5,9-10H,1-3,8H2,(H,12,13)/t4?,5-/m0/s1. The van der Waals surface area contributed by atoms with E-state index in [-0.39, 0.29) is 6.61 Å². The molecule has 0 spiro atoms. The molecule has 0 aromatic carbocycles. The van der Waals surface area contributed by atoms with Gasteiger partial charge in [-0.2, -0.15) is 0 Å². The number of nitrogens with two attached hydrogens (primary N) is 1. The second-order valence-corrected chi connectivity index (χ2v) is 2.67. The second-order valence-electron chi connectivity index (χ2n) is 2.67. The molecular weight excluding hydrogens is 194 g/mol. The molecule has 7 nitrogen and oxygen atoms in total. The van der Waals surface area contributed by atoms with Gasteiger partial charge in [0.05, 0.1) is 13.0 Å². The van der Waals surface area contributed by atoms with Crippen LogP contribution in [0.3, 0.4) is 0 Å². The highest BCUT2D eigenvalue weighted by Crippen LogP contribution is 1.94. The minimum atomic E-state index is -1.31. The van der Waals surface area contributed by atoms with Gasteiger partial charge in [0.25, 0.3) is 0 Å². The number of aliphatic carboxylic acids is 1. The molecule has 0 aliphatic carbocycles. The predicted molar refractivity (Wildman–Crippen MR) is 44.3 cm³/mol. The number of carboxylic acid groups (broad SMARTS) is 1. The summed E-state index contributed by atoms with van der Waals surface area (Å²) in [4.78, 5) is 21.0. The highest BCUT2D eigenvalue weighted by atomic mass is 16.5. The van der Waals surface area contributed by atoms with E-state index in [9.17, 15) is 9.59 Å². The lowest BCUT2D eigenvalue weighted by Gasteiger charge is -2.09. The Balaban J connectivity index is 3.71. The molecule has 0 radical (unpaired) electrons. The molecule has 0 fully saturated rings. The van der Waals surface area contributed by atoms with Crippen molar-refractivity contribution in [2.45, 2.75) is 18.6 Å². The maximum Gasteiger partial charge on any atom is 0.321 e. The van der Waals surface area contributed by atoms with E-state index < -0.39 is 37.1 Å². The summed E-state index contributed by atoms with van der Waals surface area (Å²) >= 11 is 0. The summed E-state index contributed by atoms with van der Waals surface area (Å²) in [7, 11) is 0. The molecule has 0 aliphatic rings. The van der Waals surface area contributed by atoms with Gasteiger partial charge in [0, 0.05) is 0 Å². The fraction of sp³-hybridized carbons (Fsp3) is 0.714. The molecule has 0 saturated heterocycles. The minimum absolute atomic E-state index is 0.373. The SMILES string of the molecule is N[C@@H](CC(=O)OCC(O)CO)C(=O)O. The molecule has 0 saturated carbocycles. The smallest absolute Gasteiger partial charge is 0.321 e. The van der Waals surface area contributed by atoms with E-state index in [4.69, 9.17) is 21.1 Å². The molecule has 0 aromatic rings. The summed E-state index contributed by atoms with van der Waals surface area (Å²) in [5, 5.41) is 25.5. The van der Waals surface area contributed by atoms with Crippen molar-refractivity contribution in [1.29, 1.82) is 0 Å². The largest absolute Gasteiger partial charge is 0.480 e. The lowest BCUT2D eigenvalue weighted by atomic mass is 10.2. The second kappa shape index (κ2) is 6.30. The maximum atomic E-state index is 10.8. The van der Waals surface area contributed by atoms with Gasteiger partial charge in [-0.3, -0.25) is 9.59 Å². The fourth-order valence-electron chi connectivity index (χ4n) is 0.568. The number of ether oxygens (including phenoxy) is 1. The summed E-state index contributed by atoms with van der Waals surface area (Å²) in [6, 6.07) is -1.31. The third kappa shape index (κ3) is 5.46. The highest BCUT2D eigenvalue weighted by Gasteiger charge is 2.17. The molecule has 0 aliphatic heterocycles. The van der Waals surface area contributed by atoms with Crippen LogP contribution in [0.25, 0.3) is 0 Å². The molecule has 5 N–H and O–H groups in total. The van der Waals surface area contributed by atoms with Crippen molar-refractivity contribution in [2.75, 3.05) is 13.2 Å². The van der Waals surface area contributed by atoms with E-state index >= 15 is 0 Å². The Morgan fingerprint density at radius 1 is 1.43 bits per heavy atom. The van der Waals surface area contributed by atoms with Gasteiger partial charge in [-0.1, -0.05) is 0 Å². The van der Waals surface area contributed by atoms with Crippen LogP contribution < -0.4 is 5.73 Å². The summed E-state index contributed by atoms with van der Waals surface area (Å²) in [5.41, 5.74) is 5.04. The number of hydrogen-bond acceptors (Lipinski definition) is 6. The number of carboxylic acids is 1. The Labute approximate surface area is 80.1 Å². The molecule has 0 heterocycles. The molecule has 0 amide bonds. The molecule has 7 heteroatoms. The van der Waals surface area contributed by atoms with Gasteiger partial charge in [-0.25, -0.2) is 0 Å². The molecule has 2 atom stereocenters. The van der Waals surface area contributed by atoms with Crippen molar-refractivity contribution < 1.29 is 29.6 Å². The molecule has 82 valence electrons. The van der Waals surface area contributed by atoms with Crippen molar-refractivity contribution in [3.8, 4) is 0 Å². The Morgan fingerprint density at radius 2 is 2.00 bits per heavy atom. The van der Waals surface area contributed by atoms with Gasteiger partial charge in [-0.15, -0.1) is 0 Å². The quantitative estimate of drug-likeness (QED) is 0.360. The zero-order chi connectivity index (χ0) is 11.1. The van der Waals surface area contributed by atoms with Crippen molar-refractivity contribution >= 4 is 11.9 Å². The van der Waals surface area contributed by atoms with Crippen LogP contribution in [0, 0.1) is 0 Å². The van der Waals surface area contributed by atoms with Crippen LogP contribution in [-0.2, 0) is 14.3 Å². The number of aliphatic hydroxyl groups is 2. The summed E-state index contributed by atoms with van der Waals surface area (Å²) in [5.74, 6) is -2.13. The lowest BCUT2D eigenvalue weighted by Crippen LogP contribution is -2.34. The number of aliphatic hydroxyl groups excluding tert-OH is 2. The Hall–Kier alpha value is -1.18. The van der Waals surface area contributed by atoms with Crippen LogP contribution in [0.1, 0.15) is 6.42 Å². The summed E-state index contributed by atoms with van der Waals surface area (Å²) < 4.78 is 4.42. The van der Waals surface area contributed by atoms with Crippen molar-refractivity contribution in [3.05, 3.63) is 0 Å². The average Bonchev–Trinajstić information content (AvgIpc) is 2.13. The minimum Gasteiger partial charge on any atom is -0.480 e. The number of hydrogen-bond donors (Lipinski definition) is 4. The van der Waals surface area contributed by atoms with Gasteiger partial charge in [0.1, 0.15) is 18.8 Å². The zero-order valence-corrected chi connectivity index (χ0v) is 7.42. The number of carbonyl (C=O) groups is 2. The fourth-order valence-corrected chi connectivity index (χ4v) is 0.568. The lowest BCUT2D eigenvalue weighted by molar-refractivity contribution is -0.151. The van der Waals surface area contributed by atoms with E-state index in [1.165, 1.54) is 0 Å². The van der Waals surface area contributed by atoms with Gasteiger partial charge in [0.15, 0.2) is 0 Å². The first-order valence-corrected chi connectivity index (χ1v) is 3.90. The third-order valence-corrected chi connectivity index (χ3v) is 1.35. The molecule has 14 heavy (non-hydrogen) atoms. The van der Waals surface area contributed by atoms with Crippen molar-refractivity contribution in [2.24, 2.45) is 5.73 Å². The third-order valence-electron chi connectivity index (χ3n) is 1.35. The Morgan fingerprint density at radius 3 is 2.43 bits per heavy atom. The van der Waals surface area contributed by atoms with E-state index in [2.05, 4.69) is 4.74 Å². The Bertz CT molecular complexity index is 206. The van der Waals surface area contributed by atoms with Crippen molar-refractivity contribution in [1.82, 2.24) is 0 Å². The van der Waals surface area contributed by atoms with Crippen molar-refractivity contribution in [3.63, 3.8) is 0 Å². The number of rotatable bonds is 6. The molecule has 0 bridgehead atoms. The normalized spacial score (nSPS) is 14.5. The number of esters is 1. The van der Waals surface area contributed by atoms with Crippen LogP contribution in [0.15, 0.2) is 0 Å². The van der Waals surface area contributed by atoms with E-state index in [0.29, 0.717) is 0 Å².